The molecular formula is C36H18ClFN10. The van der Waals surface area contributed by atoms with Gasteiger partial charge < -0.3 is 9.97 Å². The molecule has 2 aliphatic rings. The third-order valence-electron chi connectivity index (χ3n) is 8.52. The molecule has 226 valence electrons. The van der Waals surface area contributed by atoms with Crippen LogP contribution in [0.5, 0.6) is 0 Å². The van der Waals surface area contributed by atoms with Gasteiger partial charge in [0.1, 0.15) is 22.6 Å². The van der Waals surface area contributed by atoms with E-state index >= 15 is 0 Å². The lowest BCUT2D eigenvalue weighted by Gasteiger charge is -2.03. The van der Waals surface area contributed by atoms with Crippen LogP contribution in [-0.4, -0.2) is 49.8 Å². The molecule has 0 aliphatic carbocycles. The molecule has 2 aliphatic heterocycles. The Morgan fingerprint density at radius 2 is 0.875 bits per heavy atom. The van der Waals surface area contributed by atoms with Gasteiger partial charge in [-0.25, -0.2) is 44.3 Å². The highest BCUT2D eigenvalue weighted by Gasteiger charge is 2.23. The first-order valence-corrected chi connectivity index (χ1v) is 15.4. The fourth-order valence-corrected chi connectivity index (χ4v) is 6.48. The number of hydrogen-bond donors (Lipinski definition) is 2. The van der Waals surface area contributed by atoms with Gasteiger partial charge in [0, 0.05) is 49.4 Å². The van der Waals surface area contributed by atoms with Crippen LogP contribution >= 0.6 is 11.6 Å². The summed E-state index contributed by atoms with van der Waals surface area (Å²) in [5, 5.41) is 2.91. The van der Waals surface area contributed by atoms with Crippen molar-refractivity contribution >= 4 is 55.7 Å². The van der Waals surface area contributed by atoms with Crippen molar-refractivity contribution in [3.05, 3.63) is 108 Å². The molecular weight excluding hydrogens is 627 g/mol. The molecule has 0 fully saturated rings. The molecule has 0 unspecified atom stereocenters. The molecule has 0 saturated carbocycles. The van der Waals surface area contributed by atoms with E-state index in [9.17, 15) is 4.39 Å². The second-order valence-corrected chi connectivity index (χ2v) is 11.7. The summed E-state index contributed by atoms with van der Waals surface area (Å²) >= 11 is 6.11. The minimum absolute atomic E-state index is 0.239. The summed E-state index contributed by atoms with van der Waals surface area (Å²) in [5.74, 6) is 1.49. The van der Waals surface area contributed by atoms with E-state index in [1.165, 1.54) is 0 Å². The molecule has 8 aromatic rings. The average molecular weight is 645 g/mol. The Hall–Kier alpha value is -6.46. The Labute approximate surface area is 274 Å². The van der Waals surface area contributed by atoms with Crippen LogP contribution in [0.15, 0.2) is 97.2 Å². The van der Waals surface area contributed by atoms with E-state index in [2.05, 4.69) is 19.9 Å². The maximum atomic E-state index is 14.1. The standard InChI is InChI=1S/C36H18ClFN10/c37-27-25(38)16-39-28(40-27)23-14-7-15-24-26(23)36-47-34-22-13-6-5-12-21(22)32(45-34)43-30-18-9-2-1-8-17(18)29(41-30)42-31-19-10-3-4-11-20(19)33(44-31)46-35(24)48-36/h1-16H,(H2,41,42,43,44,45,46,47,48). The summed E-state index contributed by atoms with van der Waals surface area (Å²) in [4.78, 5) is 45.4. The zero-order chi connectivity index (χ0) is 31.9. The van der Waals surface area contributed by atoms with Crippen LogP contribution in [0.2, 0.25) is 5.15 Å². The van der Waals surface area contributed by atoms with Crippen molar-refractivity contribution in [1.29, 1.82) is 0 Å². The Kier molecular flexibility index (Phi) is 5.58. The molecule has 10 rings (SSSR count). The number of aromatic amines is 2. The zero-order valence-electron chi connectivity index (χ0n) is 24.6. The third-order valence-corrected chi connectivity index (χ3v) is 8.79. The number of benzene rings is 4. The molecule has 2 N–H and O–H groups in total. The van der Waals surface area contributed by atoms with Gasteiger partial charge in [-0.2, -0.15) is 0 Å². The van der Waals surface area contributed by atoms with E-state index in [1.54, 1.807) is 0 Å². The molecule has 0 saturated heterocycles. The van der Waals surface area contributed by atoms with E-state index in [0.29, 0.717) is 56.8 Å². The number of nitrogens with one attached hydrogen (secondary N) is 2. The summed E-state index contributed by atoms with van der Waals surface area (Å²) < 4.78 is 14.1. The maximum absolute atomic E-state index is 14.1. The second-order valence-electron chi connectivity index (χ2n) is 11.3. The largest absolute Gasteiger partial charge is 0.324 e. The van der Waals surface area contributed by atoms with Crippen LogP contribution in [0.1, 0.15) is 0 Å². The summed E-state index contributed by atoms with van der Waals surface area (Å²) in [5.41, 5.74) is 6.13. The van der Waals surface area contributed by atoms with Gasteiger partial charge in [0.25, 0.3) is 0 Å². The summed E-state index contributed by atoms with van der Waals surface area (Å²) in [6.45, 7) is 0. The number of H-pyrrole nitrogens is 2. The highest BCUT2D eigenvalue weighted by atomic mass is 35.5. The first kappa shape index (κ1) is 26.7. The molecule has 12 heteroatoms. The Morgan fingerprint density at radius 1 is 0.438 bits per heavy atom. The summed E-state index contributed by atoms with van der Waals surface area (Å²) in [6, 6.07) is 29.2. The third kappa shape index (κ3) is 3.98. The second kappa shape index (κ2) is 10.0. The molecule has 48 heavy (non-hydrogen) atoms. The van der Waals surface area contributed by atoms with E-state index in [1.807, 2.05) is 91.0 Å². The van der Waals surface area contributed by atoms with Gasteiger partial charge in [0.2, 0.25) is 0 Å². The van der Waals surface area contributed by atoms with Crippen molar-refractivity contribution in [3.8, 4) is 56.9 Å². The Balaban J connectivity index is 1.41. The van der Waals surface area contributed by atoms with Crippen LogP contribution in [0.4, 0.5) is 4.39 Å². The molecule has 0 spiro atoms. The minimum atomic E-state index is -0.708. The van der Waals surface area contributed by atoms with E-state index in [0.717, 1.165) is 44.6 Å². The summed E-state index contributed by atoms with van der Waals surface area (Å²) in [6.07, 6.45) is 1.06. The smallest absolute Gasteiger partial charge is 0.178 e. The molecule has 6 heterocycles. The molecule has 0 amide bonds. The van der Waals surface area contributed by atoms with Crippen molar-refractivity contribution in [1.82, 2.24) is 49.8 Å². The number of aromatic nitrogens is 10. The fourth-order valence-electron chi connectivity index (χ4n) is 6.35. The Bertz CT molecular complexity index is 2840. The van der Waals surface area contributed by atoms with Gasteiger partial charge in [-0.05, 0) is 0 Å². The van der Waals surface area contributed by atoms with Gasteiger partial charge in [0.15, 0.2) is 40.1 Å². The van der Waals surface area contributed by atoms with Crippen LogP contribution in [-0.2, 0) is 0 Å². The highest BCUT2D eigenvalue weighted by molar-refractivity contribution is 6.29. The zero-order valence-corrected chi connectivity index (χ0v) is 25.3. The molecule has 4 aromatic carbocycles. The molecule has 0 radical (unpaired) electrons. The van der Waals surface area contributed by atoms with Crippen molar-refractivity contribution < 1.29 is 4.39 Å². The predicted octanol–water partition coefficient (Wildman–Crippen LogP) is 8.12. The van der Waals surface area contributed by atoms with Crippen molar-refractivity contribution in [3.63, 3.8) is 0 Å². The molecule has 8 bridgehead atoms. The normalized spacial score (nSPS) is 12.0. The van der Waals surface area contributed by atoms with Gasteiger partial charge >= 0.3 is 0 Å². The van der Waals surface area contributed by atoms with Gasteiger partial charge in [0.05, 0.1) is 6.20 Å². The molecule has 4 aromatic heterocycles. The van der Waals surface area contributed by atoms with Crippen molar-refractivity contribution in [2.75, 3.05) is 0 Å². The Morgan fingerprint density at radius 3 is 1.42 bits per heavy atom. The fraction of sp³-hybridized carbons (Fsp3) is 0. The maximum Gasteiger partial charge on any atom is 0.178 e. The van der Waals surface area contributed by atoms with E-state index in [-0.39, 0.29) is 11.0 Å². The highest BCUT2D eigenvalue weighted by Crippen LogP contribution is 2.38. The van der Waals surface area contributed by atoms with Gasteiger partial charge in [-0.15, -0.1) is 0 Å². The number of fused-ring (bicyclic) bond motifs is 20. The van der Waals surface area contributed by atoms with Crippen LogP contribution in [0.25, 0.3) is 101 Å². The number of halogens is 2. The van der Waals surface area contributed by atoms with Crippen LogP contribution < -0.4 is 0 Å². The predicted molar refractivity (Wildman–Crippen MR) is 182 cm³/mol. The SMILES string of the molecule is Fc1cnc(-c2cccc3c4nc5nc(nc6[nH]c(nc7nc(nc([nH]4)c23)-c2ccccc2-7)c2ccccc62)-c2ccccc2-5)nc1Cl. The molecule has 10 nitrogen and oxygen atoms in total. The quantitative estimate of drug-likeness (QED) is 0.171. The minimum Gasteiger partial charge on any atom is -0.324 e. The monoisotopic (exact) mass is 644 g/mol. The van der Waals surface area contributed by atoms with Crippen LogP contribution in [0, 0.1) is 5.82 Å². The van der Waals surface area contributed by atoms with Gasteiger partial charge in [-0.3, -0.25) is 0 Å². The van der Waals surface area contributed by atoms with Crippen molar-refractivity contribution in [2.24, 2.45) is 0 Å². The van der Waals surface area contributed by atoms with Crippen molar-refractivity contribution in [2.45, 2.75) is 0 Å². The lowest BCUT2D eigenvalue weighted by Crippen LogP contribution is -1.93. The number of hydrogen-bond acceptors (Lipinski definition) is 8. The molecule has 0 atom stereocenters. The number of rotatable bonds is 1. The van der Waals surface area contributed by atoms with Crippen LogP contribution in [0.3, 0.4) is 0 Å². The lowest BCUT2D eigenvalue weighted by molar-refractivity contribution is 0.615. The number of nitrogens with zero attached hydrogens (tertiary/aromatic N) is 8. The first-order valence-electron chi connectivity index (χ1n) is 15.0. The van der Waals surface area contributed by atoms with Gasteiger partial charge in [-0.1, -0.05) is 103 Å². The average Bonchev–Trinajstić information content (AvgIpc) is 3.85. The van der Waals surface area contributed by atoms with E-state index < -0.39 is 5.82 Å². The topological polar surface area (TPSA) is 135 Å². The first-order chi connectivity index (χ1) is 23.6. The summed E-state index contributed by atoms with van der Waals surface area (Å²) in [7, 11) is 0. The lowest BCUT2D eigenvalue weighted by atomic mass is 10.1. The van der Waals surface area contributed by atoms with E-state index in [4.69, 9.17) is 41.5 Å².